The predicted octanol–water partition coefficient (Wildman–Crippen LogP) is 4.96. The smallest absolute Gasteiger partial charge is 0.269 e. The lowest BCUT2D eigenvalue weighted by Gasteiger charge is -2.22. The quantitative estimate of drug-likeness (QED) is 0.545. The molecule has 0 amide bonds. The van der Waals surface area contributed by atoms with E-state index in [1.54, 1.807) is 12.1 Å². The van der Waals surface area contributed by atoms with Gasteiger partial charge in [0.05, 0.1) is 22.1 Å². The molecular weight excluding hydrogens is 324 g/mol. The van der Waals surface area contributed by atoms with Gasteiger partial charge in [-0.05, 0) is 49.9 Å². The normalized spacial score (nSPS) is 13.3. The van der Waals surface area contributed by atoms with Crippen molar-refractivity contribution in [3.05, 3.63) is 78.9 Å². The SMILES string of the molecule is Cc1ccc([N+](=O)[O-])cc1C(C)OC(C)c1cc([N+](=O)[O-])ccc1C. The molecule has 0 saturated carbocycles. The number of aryl methyl sites for hydroxylation is 2. The number of nitro groups is 2. The van der Waals surface area contributed by atoms with Gasteiger partial charge < -0.3 is 4.74 Å². The largest absolute Gasteiger partial charge is 0.366 e. The van der Waals surface area contributed by atoms with Crippen molar-refractivity contribution in [3.8, 4) is 0 Å². The zero-order chi connectivity index (χ0) is 18.7. The lowest BCUT2D eigenvalue weighted by Crippen LogP contribution is -2.08. The maximum Gasteiger partial charge on any atom is 0.269 e. The summed E-state index contributed by atoms with van der Waals surface area (Å²) in [6.45, 7) is 7.36. The molecule has 0 saturated heterocycles. The summed E-state index contributed by atoms with van der Waals surface area (Å²) in [7, 11) is 0. The molecule has 7 nitrogen and oxygen atoms in total. The molecule has 2 aromatic carbocycles. The summed E-state index contributed by atoms with van der Waals surface area (Å²) >= 11 is 0. The van der Waals surface area contributed by atoms with Crippen LogP contribution in [0.25, 0.3) is 0 Å². The molecule has 0 aliphatic heterocycles. The van der Waals surface area contributed by atoms with E-state index >= 15 is 0 Å². The van der Waals surface area contributed by atoms with Crippen molar-refractivity contribution in [1.29, 1.82) is 0 Å². The van der Waals surface area contributed by atoms with Crippen LogP contribution in [0.3, 0.4) is 0 Å². The van der Waals surface area contributed by atoms with E-state index in [0.29, 0.717) is 0 Å². The maximum absolute atomic E-state index is 11.0. The van der Waals surface area contributed by atoms with Crippen molar-refractivity contribution >= 4 is 11.4 Å². The second-order valence-electron chi connectivity index (χ2n) is 6.02. The van der Waals surface area contributed by atoms with Crippen molar-refractivity contribution in [3.63, 3.8) is 0 Å². The Morgan fingerprint density at radius 3 is 1.48 bits per heavy atom. The first-order valence-electron chi connectivity index (χ1n) is 7.86. The van der Waals surface area contributed by atoms with E-state index in [1.807, 2.05) is 27.7 Å². The maximum atomic E-state index is 11.0. The molecular formula is C18H20N2O5. The molecule has 0 aliphatic carbocycles. The van der Waals surface area contributed by atoms with E-state index in [0.717, 1.165) is 22.3 Å². The summed E-state index contributed by atoms with van der Waals surface area (Å²) in [6.07, 6.45) is -0.790. The fourth-order valence-electron chi connectivity index (χ4n) is 2.81. The lowest BCUT2D eigenvalue weighted by atomic mass is 10.0. The van der Waals surface area contributed by atoms with E-state index in [1.165, 1.54) is 24.3 Å². The van der Waals surface area contributed by atoms with Crippen LogP contribution < -0.4 is 0 Å². The number of nitro benzene ring substituents is 2. The van der Waals surface area contributed by atoms with Gasteiger partial charge in [0.25, 0.3) is 11.4 Å². The summed E-state index contributed by atoms with van der Waals surface area (Å²) in [5, 5.41) is 22.0. The Labute approximate surface area is 145 Å². The zero-order valence-corrected chi connectivity index (χ0v) is 14.6. The average Bonchev–Trinajstić information content (AvgIpc) is 2.54. The predicted molar refractivity (Wildman–Crippen MR) is 93.6 cm³/mol. The van der Waals surface area contributed by atoms with Gasteiger partial charge in [0, 0.05) is 24.3 Å². The van der Waals surface area contributed by atoms with E-state index in [9.17, 15) is 20.2 Å². The third-order valence-corrected chi connectivity index (χ3v) is 4.23. The first-order valence-corrected chi connectivity index (χ1v) is 7.86. The van der Waals surface area contributed by atoms with Crippen LogP contribution in [0.1, 0.15) is 48.3 Å². The number of hydrogen-bond donors (Lipinski definition) is 0. The highest BCUT2D eigenvalue weighted by molar-refractivity contribution is 5.42. The molecule has 2 aromatic rings. The summed E-state index contributed by atoms with van der Waals surface area (Å²) < 4.78 is 6.01. The summed E-state index contributed by atoms with van der Waals surface area (Å²) in [4.78, 5) is 21.1. The minimum absolute atomic E-state index is 0.00947. The van der Waals surface area contributed by atoms with Crippen LogP contribution in [0.15, 0.2) is 36.4 Å². The second kappa shape index (κ2) is 7.40. The van der Waals surface area contributed by atoms with Crippen LogP contribution in [0.4, 0.5) is 11.4 Å². The molecule has 0 N–H and O–H groups in total. The Hall–Kier alpha value is -2.80. The molecule has 2 unspecified atom stereocenters. The molecule has 25 heavy (non-hydrogen) atoms. The van der Waals surface area contributed by atoms with Crippen molar-refractivity contribution in [2.24, 2.45) is 0 Å². The molecule has 0 aliphatic rings. The van der Waals surface area contributed by atoms with Crippen LogP contribution in [-0.2, 0) is 4.74 Å². The molecule has 0 aromatic heterocycles. The summed E-state index contributed by atoms with van der Waals surface area (Å²) in [5.41, 5.74) is 3.25. The van der Waals surface area contributed by atoms with Gasteiger partial charge in [-0.1, -0.05) is 12.1 Å². The van der Waals surface area contributed by atoms with Crippen LogP contribution in [0.5, 0.6) is 0 Å². The fraction of sp³-hybridized carbons (Fsp3) is 0.333. The minimum atomic E-state index is -0.441. The lowest BCUT2D eigenvalue weighted by molar-refractivity contribution is -0.385. The Balaban J connectivity index is 2.27. The third kappa shape index (κ3) is 4.19. The van der Waals surface area contributed by atoms with Crippen molar-refractivity contribution < 1.29 is 14.6 Å². The summed E-state index contributed by atoms with van der Waals surface area (Å²) in [6, 6.07) is 9.31. The Kier molecular flexibility index (Phi) is 5.48. The van der Waals surface area contributed by atoms with Crippen LogP contribution in [-0.4, -0.2) is 9.85 Å². The van der Waals surface area contributed by atoms with Crippen LogP contribution >= 0.6 is 0 Å². The standard InChI is InChI=1S/C18H20N2O5/c1-11-5-7-15(19(21)22)9-17(11)13(3)25-14(4)18-10-16(20(23)24)8-6-12(18)2/h5-10,13-14H,1-4H3. The third-order valence-electron chi connectivity index (χ3n) is 4.23. The monoisotopic (exact) mass is 344 g/mol. The van der Waals surface area contributed by atoms with Gasteiger partial charge in [0.15, 0.2) is 0 Å². The van der Waals surface area contributed by atoms with E-state index in [-0.39, 0.29) is 11.4 Å². The van der Waals surface area contributed by atoms with Gasteiger partial charge in [0.2, 0.25) is 0 Å². The Morgan fingerprint density at radius 1 is 0.800 bits per heavy atom. The van der Waals surface area contributed by atoms with Crippen LogP contribution in [0, 0.1) is 34.1 Å². The molecule has 0 heterocycles. The number of rotatable bonds is 6. The van der Waals surface area contributed by atoms with E-state index < -0.39 is 22.1 Å². The van der Waals surface area contributed by atoms with E-state index in [4.69, 9.17) is 4.74 Å². The molecule has 2 rings (SSSR count). The van der Waals surface area contributed by atoms with Crippen LogP contribution in [0.2, 0.25) is 0 Å². The Morgan fingerprint density at radius 2 is 1.16 bits per heavy atom. The van der Waals surface area contributed by atoms with Gasteiger partial charge >= 0.3 is 0 Å². The molecule has 132 valence electrons. The van der Waals surface area contributed by atoms with E-state index in [2.05, 4.69) is 0 Å². The molecule has 7 heteroatoms. The topological polar surface area (TPSA) is 95.5 Å². The number of nitrogens with zero attached hydrogens (tertiary/aromatic N) is 2. The van der Waals surface area contributed by atoms with Gasteiger partial charge in [-0.3, -0.25) is 20.2 Å². The molecule has 2 atom stereocenters. The minimum Gasteiger partial charge on any atom is -0.366 e. The van der Waals surface area contributed by atoms with Gasteiger partial charge in [-0.2, -0.15) is 0 Å². The Bertz CT molecular complexity index is 752. The molecule has 0 radical (unpaired) electrons. The number of benzene rings is 2. The highest BCUT2D eigenvalue weighted by Gasteiger charge is 2.20. The van der Waals surface area contributed by atoms with Gasteiger partial charge in [-0.15, -0.1) is 0 Å². The van der Waals surface area contributed by atoms with Crippen molar-refractivity contribution in [1.82, 2.24) is 0 Å². The molecule has 0 spiro atoms. The number of ether oxygens (including phenoxy) is 1. The van der Waals surface area contributed by atoms with Gasteiger partial charge in [-0.25, -0.2) is 0 Å². The number of hydrogen-bond acceptors (Lipinski definition) is 5. The average molecular weight is 344 g/mol. The second-order valence-corrected chi connectivity index (χ2v) is 6.02. The fourth-order valence-corrected chi connectivity index (χ4v) is 2.81. The zero-order valence-electron chi connectivity index (χ0n) is 14.6. The van der Waals surface area contributed by atoms with Crippen molar-refractivity contribution in [2.75, 3.05) is 0 Å². The first kappa shape index (κ1) is 18.5. The van der Waals surface area contributed by atoms with Gasteiger partial charge in [0.1, 0.15) is 0 Å². The number of non-ortho nitro benzene ring substituents is 2. The summed E-state index contributed by atoms with van der Waals surface area (Å²) in [5.74, 6) is 0. The first-order chi connectivity index (χ1) is 11.7. The molecule has 0 fully saturated rings. The highest BCUT2D eigenvalue weighted by atomic mass is 16.6. The molecule has 0 bridgehead atoms. The van der Waals surface area contributed by atoms with Crippen molar-refractivity contribution in [2.45, 2.75) is 39.9 Å². The highest BCUT2D eigenvalue weighted by Crippen LogP contribution is 2.32.